The van der Waals surface area contributed by atoms with Crippen LogP contribution in [0.3, 0.4) is 0 Å². The summed E-state index contributed by atoms with van der Waals surface area (Å²) in [7, 11) is 0. The van der Waals surface area contributed by atoms with Crippen molar-refractivity contribution >= 4 is 0 Å². The molecule has 4 rings (SSSR count). The number of fused-ring (bicyclic) bond motifs is 5. The molecule has 0 aliphatic heterocycles. The summed E-state index contributed by atoms with van der Waals surface area (Å²) in [6.07, 6.45) is 2.07. The van der Waals surface area contributed by atoms with Crippen LogP contribution in [0.2, 0.25) is 0 Å². The third kappa shape index (κ3) is 2.41. The number of phenolic OH excluding ortho intramolecular Hbond substituents is 1. The van der Waals surface area contributed by atoms with Crippen LogP contribution in [0, 0.1) is 33.3 Å². The molecule has 0 spiro atoms. The summed E-state index contributed by atoms with van der Waals surface area (Å²) < 4.78 is 0. The van der Waals surface area contributed by atoms with Crippen LogP contribution in [-0.4, -0.2) is 27.5 Å². The molecule has 3 unspecified atom stereocenters. The molecular formula is C19H25NO5. The second kappa shape index (κ2) is 5.59. The second-order valence-electron chi connectivity index (χ2n) is 8.44. The molecule has 0 bridgehead atoms. The monoisotopic (exact) mass is 347 g/mol. The standard InChI is InChI=1S/C19H25NO5/c1-10-7-11-8-12(21)3-4-13(11)18-15(25-20(23)24)9-19(2)14(17(10)18)5-6-16(19)22/h3-4,8,10,14-18,21-22H,5-7,9H2,1-2H3/t10?,14?,15-,16-,17-,18?,19-/m0/s1. The smallest absolute Gasteiger partial charge is 0.294 e. The van der Waals surface area contributed by atoms with Gasteiger partial charge in [-0.3, -0.25) is 0 Å². The van der Waals surface area contributed by atoms with Crippen LogP contribution in [0.25, 0.3) is 0 Å². The molecular weight excluding hydrogens is 322 g/mol. The van der Waals surface area contributed by atoms with Crippen molar-refractivity contribution in [2.45, 2.75) is 57.7 Å². The van der Waals surface area contributed by atoms with Crippen LogP contribution in [0.5, 0.6) is 5.75 Å². The van der Waals surface area contributed by atoms with Crippen molar-refractivity contribution in [1.82, 2.24) is 0 Å². The van der Waals surface area contributed by atoms with Crippen LogP contribution in [0.1, 0.15) is 50.2 Å². The van der Waals surface area contributed by atoms with Gasteiger partial charge < -0.3 is 15.1 Å². The van der Waals surface area contributed by atoms with Crippen molar-refractivity contribution in [1.29, 1.82) is 0 Å². The predicted molar refractivity (Wildman–Crippen MR) is 90.5 cm³/mol. The van der Waals surface area contributed by atoms with Gasteiger partial charge in [0.25, 0.3) is 5.09 Å². The molecule has 0 saturated heterocycles. The quantitative estimate of drug-likeness (QED) is 0.633. The van der Waals surface area contributed by atoms with E-state index in [0.717, 1.165) is 30.4 Å². The third-order valence-electron chi connectivity index (χ3n) is 7.19. The van der Waals surface area contributed by atoms with Gasteiger partial charge in [-0.05, 0) is 72.1 Å². The first-order chi connectivity index (χ1) is 11.8. The first kappa shape index (κ1) is 16.6. The maximum Gasteiger partial charge on any atom is 0.294 e. The molecule has 2 N–H and O–H groups in total. The van der Waals surface area contributed by atoms with E-state index in [-0.39, 0.29) is 23.0 Å². The lowest BCUT2D eigenvalue weighted by Crippen LogP contribution is -2.53. The minimum atomic E-state index is -0.688. The number of rotatable bonds is 2. The zero-order chi connectivity index (χ0) is 17.9. The normalized spacial score (nSPS) is 42.2. The number of nitrogens with zero attached hydrogens (tertiary/aromatic N) is 1. The summed E-state index contributed by atoms with van der Waals surface area (Å²) in [6, 6.07) is 5.34. The molecule has 2 saturated carbocycles. The van der Waals surface area contributed by atoms with E-state index in [1.54, 1.807) is 12.1 Å². The molecule has 6 heteroatoms. The van der Waals surface area contributed by atoms with Crippen molar-refractivity contribution in [2.24, 2.45) is 23.2 Å². The second-order valence-corrected chi connectivity index (χ2v) is 8.44. The Hall–Kier alpha value is -1.82. The Kier molecular flexibility index (Phi) is 3.72. The minimum Gasteiger partial charge on any atom is -0.508 e. The largest absolute Gasteiger partial charge is 0.508 e. The minimum absolute atomic E-state index is 0.0619. The number of benzene rings is 1. The molecule has 25 heavy (non-hydrogen) atoms. The SMILES string of the molecule is CC1Cc2cc(O)ccc2C2[C@@H]1C1CC[C@H](O)[C@@]1(C)C[C@@H]2O[N+](=O)[O-]. The summed E-state index contributed by atoms with van der Waals surface area (Å²) in [6.45, 7) is 4.26. The van der Waals surface area contributed by atoms with Gasteiger partial charge in [-0.1, -0.05) is 19.9 Å². The summed E-state index contributed by atoms with van der Waals surface area (Å²) in [5, 5.41) is 30.9. The number of aliphatic hydroxyl groups excluding tert-OH is 1. The van der Waals surface area contributed by atoms with Crippen molar-refractivity contribution < 1.29 is 20.1 Å². The zero-order valence-electron chi connectivity index (χ0n) is 14.6. The average molecular weight is 347 g/mol. The Labute approximate surface area is 146 Å². The number of phenols is 1. The first-order valence-electron chi connectivity index (χ1n) is 9.12. The maximum atomic E-state index is 11.1. The van der Waals surface area contributed by atoms with Gasteiger partial charge in [0.05, 0.1) is 6.10 Å². The Morgan fingerprint density at radius 3 is 2.84 bits per heavy atom. The summed E-state index contributed by atoms with van der Waals surface area (Å²) in [5.74, 6) is 1.09. The van der Waals surface area contributed by atoms with E-state index in [0.29, 0.717) is 18.3 Å². The molecule has 0 radical (unpaired) electrons. The molecule has 2 fully saturated rings. The lowest BCUT2D eigenvalue weighted by molar-refractivity contribution is -0.771. The maximum absolute atomic E-state index is 11.1. The van der Waals surface area contributed by atoms with E-state index in [9.17, 15) is 20.3 Å². The molecule has 136 valence electrons. The Balaban J connectivity index is 1.82. The molecule has 1 aromatic rings. The highest BCUT2D eigenvalue weighted by atomic mass is 17.0. The number of aromatic hydroxyl groups is 1. The highest BCUT2D eigenvalue weighted by molar-refractivity contribution is 5.41. The van der Waals surface area contributed by atoms with Gasteiger partial charge in [0.15, 0.2) is 0 Å². The van der Waals surface area contributed by atoms with Crippen LogP contribution in [0.4, 0.5) is 0 Å². The Bertz CT molecular complexity index is 707. The number of aliphatic hydroxyl groups is 1. The van der Waals surface area contributed by atoms with Crippen LogP contribution in [0.15, 0.2) is 18.2 Å². The lowest BCUT2D eigenvalue weighted by atomic mass is 9.52. The molecule has 0 heterocycles. The fraction of sp³-hybridized carbons (Fsp3) is 0.684. The molecule has 1 aromatic carbocycles. The van der Waals surface area contributed by atoms with Crippen LogP contribution >= 0.6 is 0 Å². The topological polar surface area (TPSA) is 92.8 Å². The van der Waals surface area contributed by atoms with E-state index in [1.807, 2.05) is 6.07 Å². The van der Waals surface area contributed by atoms with Gasteiger partial charge >= 0.3 is 0 Å². The van der Waals surface area contributed by atoms with E-state index in [1.165, 1.54) is 0 Å². The van der Waals surface area contributed by atoms with Gasteiger partial charge in [-0.15, -0.1) is 10.1 Å². The van der Waals surface area contributed by atoms with E-state index < -0.39 is 17.3 Å². The highest BCUT2D eigenvalue weighted by Crippen LogP contribution is 2.62. The number of hydrogen-bond donors (Lipinski definition) is 2. The van der Waals surface area contributed by atoms with Crippen LogP contribution in [-0.2, 0) is 11.3 Å². The first-order valence-corrected chi connectivity index (χ1v) is 9.12. The molecule has 6 nitrogen and oxygen atoms in total. The molecule has 7 atom stereocenters. The van der Waals surface area contributed by atoms with E-state index >= 15 is 0 Å². The zero-order valence-corrected chi connectivity index (χ0v) is 14.6. The van der Waals surface area contributed by atoms with Gasteiger partial charge in [-0.25, -0.2) is 0 Å². The van der Waals surface area contributed by atoms with Gasteiger partial charge in [-0.2, -0.15) is 0 Å². The molecule has 3 aliphatic carbocycles. The van der Waals surface area contributed by atoms with Crippen molar-refractivity contribution in [2.75, 3.05) is 0 Å². The van der Waals surface area contributed by atoms with Crippen LogP contribution < -0.4 is 0 Å². The molecule has 3 aliphatic rings. The Morgan fingerprint density at radius 1 is 1.36 bits per heavy atom. The molecule has 0 amide bonds. The van der Waals surface area contributed by atoms with Gasteiger partial charge in [0.1, 0.15) is 11.9 Å². The van der Waals surface area contributed by atoms with Crippen molar-refractivity contribution in [3.8, 4) is 5.75 Å². The highest BCUT2D eigenvalue weighted by Gasteiger charge is 2.60. The number of hydrogen-bond acceptors (Lipinski definition) is 5. The van der Waals surface area contributed by atoms with Crippen molar-refractivity contribution in [3.05, 3.63) is 39.4 Å². The Morgan fingerprint density at radius 2 is 2.12 bits per heavy atom. The van der Waals surface area contributed by atoms with Gasteiger partial charge in [0.2, 0.25) is 0 Å². The fourth-order valence-corrected chi connectivity index (χ4v) is 6.17. The van der Waals surface area contributed by atoms with Crippen molar-refractivity contribution in [3.63, 3.8) is 0 Å². The summed E-state index contributed by atoms with van der Waals surface area (Å²) >= 11 is 0. The van der Waals surface area contributed by atoms with Gasteiger partial charge in [0, 0.05) is 5.92 Å². The third-order valence-corrected chi connectivity index (χ3v) is 7.19. The fourth-order valence-electron chi connectivity index (χ4n) is 6.17. The molecule has 0 aromatic heterocycles. The lowest BCUT2D eigenvalue weighted by Gasteiger charge is -2.54. The summed E-state index contributed by atoms with van der Waals surface area (Å²) in [4.78, 5) is 16.3. The average Bonchev–Trinajstić information content (AvgIpc) is 2.81. The summed E-state index contributed by atoms with van der Waals surface area (Å²) in [5.41, 5.74) is 1.80. The van der Waals surface area contributed by atoms with E-state index in [4.69, 9.17) is 4.84 Å². The van der Waals surface area contributed by atoms with E-state index in [2.05, 4.69) is 13.8 Å². The predicted octanol–water partition coefficient (Wildman–Crippen LogP) is 3.04.